The van der Waals surface area contributed by atoms with Gasteiger partial charge in [0, 0.05) is 7.11 Å². The number of benzene rings is 2. The van der Waals surface area contributed by atoms with E-state index >= 15 is 0 Å². The largest absolute Gasteiger partial charge is 0.494 e. The van der Waals surface area contributed by atoms with Gasteiger partial charge in [-0.15, -0.1) is 11.6 Å². The third-order valence-corrected chi connectivity index (χ3v) is 3.84. The fourth-order valence-electron chi connectivity index (χ4n) is 2.10. The van der Waals surface area contributed by atoms with Gasteiger partial charge >= 0.3 is 0 Å². The van der Waals surface area contributed by atoms with Crippen LogP contribution in [0.5, 0.6) is 5.75 Å². The minimum absolute atomic E-state index is 0.204. The molecule has 1 unspecified atom stereocenters. The fraction of sp³-hybridized carbons (Fsp3) is 0.294. The Hall–Kier alpha value is -1.58. The number of ether oxygens (including phenoxy) is 2. The second kappa shape index (κ2) is 7.43. The van der Waals surface area contributed by atoms with Crippen molar-refractivity contribution in [3.05, 3.63) is 65.0 Å². The van der Waals surface area contributed by atoms with E-state index in [9.17, 15) is 4.39 Å². The van der Waals surface area contributed by atoms with Gasteiger partial charge in [0.15, 0.2) is 11.6 Å². The summed E-state index contributed by atoms with van der Waals surface area (Å²) in [7, 11) is 3.13. The maximum absolute atomic E-state index is 13.4. The molecule has 21 heavy (non-hydrogen) atoms. The molecule has 2 aromatic rings. The van der Waals surface area contributed by atoms with E-state index < -0.39 is 0 Å². The first-order valence-electron chi connectivity index (χ1n) is 6.71. The zero-order chi connectivity index (χ0) is 15.2. The molecule has 2 aromatic carbocycles. The molecule has 1 atom stereocenters. The Morgan fingerprint density at radius 3 is 2.33 bits per heavy atom. The van der Waals surface area contributed by atoms with Crippen LogP contribution in [0.1, 0.15) is 22.1 Å². The SMILES string of the molecule is COCCc1ccc(C(Cl)c2ccc(F)c(OC)c2)cc1. The van der Waals surface area contributed by atoms with Crippen molar-refractivity contribution in [1.29, 1.82) is 0 Å². The summed E-state index contributed by atoms with van der Waals surface area (Å²) >= 11 is 6.47. The number of hydrogen-bond acceptors (Lipinski definition) is 2. The van der Waals surface area contributed by atoms with Crippen molar-refractivity contribution in [2.75, 3.05) is 20.8 Å². The normalized spacial score (nSPS) is 12.2. The van der Waals surface area contributed by atoms with Gasteiger partial charge in [0.25, 0.3) is 0 Å². The standard InChI is InChI=1S/C17H18ClFO2/c1-20-10-9-12-3-5-13(6-4-12)17(18)14-7-8-15(19)16(11-14)21-2/h3-8,11,17H,9-10H2,1-2H3. The third-order valence-electron chi connectivity index (χ3n) is 3.34. The molecule has 0 bridgehead atoms. The van der Waals surface area contributed by atoms with Crippen molar-refractivity contribution in [1.82, 2.24) is 0 Å². The van der Waals surface area contributed by atoms with Gasteiger partial charge in [0.05, 0.1) is 19.1 Å². The number of hydrogen-bond donors (Lipinski definition) is 0. The molecule has 0 heterocycles. The highest BCUT2D eigenvalue weighted by molar-refractivity contribution is 6.22. The topological polar surface area (TPSA) is 18.5 Å². The van der Waals surface area contributed by atoms with Crippen LogP contribution in [0.3, 0.4) is 0 Å². The third kappa shape index (κ3) is 3.96. The van der Waals surface area contributed by atoms with E-state index in [0.29, 0.717) is 6.61 Å². The summed E-state index contributed by atoms with van der Waals surface area (Å²) in [6.07, 6.45) is 0.869. The first-order chi connectivity index (χ1) is 10.2. The van der Waals surface area contributed by atoms with Gasteiger partial charge in [-0.05, 0) is 35.2 Å². The first-order valence-corrected chi connectivity index (χ1v) is 7.14. The second-order valence-electron chi connectivity index (χ2n) is 4.74. The Balaban J connectivity index is 2.17. The minimum Gasteiger partial charge on any atom is -0.494 e. The van der Waals surface area contributed by atoms with Crippen molar-refractivity contribution in [2.45, 2.75) is 11.8 Å². The Bertz CT molecular complexity index is 584. The van der Waals surface area contributed by atoms with Crippen LogP contribution in [0, 0.1) is 5.82 Å². The Morgan fingerprint density at radius 1 is 1.05 bits per heavy atom. The predicted molar refractivity (Wildman–Crippen MR) is 82.7 cm³/mol. The van der Waals surface area contributed by atoms with E-state index in [1.54, 1.807) is 19.2 Å². The van der Waals surface area contributed by atoms with Crippen molar-refractivity contribution in [3.63, 3.8) is 0 Å². The summed E-state index contributed by atoms with van der Waals surface area (Å²) in [5.74, 6) is -0.185. The van der Waals surface area contributed by atoms with Gasteiger partial charge in [-0.2, -0.15) is 0 Å². The van der Waals surface area contributed by atoms with E-state index in [2.05, 4.69) is 0 Å². The van der Waals surface area contributed by atoms with Crippen molar-refractivity contribution >= 4 is 11.6 Å². The molecule has 4 heteroatoms. The van der Waals surface area contributed by atoms with Gasteiger partial charge in [-0.1, -0.05) is 30.3 Å². The summed E-state index contributed by atoms with van der Waals surface area (Å²) in [5.41, 5.74) is 2.97. The van der Waals surface area contributed by atoms with Gasteiger partial charge in [0.1, 0.15) is 0 Å². The molecular formula is C17H18ClFO2. The Kier molecular flexibility index (Phi) is 5.59. The van der Waals surface area contributed by atoms with Crippen LogP contribution in [0.4, 0.5) is 4.39 Å². The van der Waals surface area contributed by atoms with E-state index in [-0.39, 0.29) is 16.9 Å². The average molecular weight is 309 g/mol. The summed E-state index contributed by atoms with van der Waals surface area (Å²) in [6, 6.07) is 12.7. The zero-order valence-electron chi connectivity index (χ0n) is 12.1. The number of halogens is 2. The predicted octanol–water partition coefficient (Wildman–Crippen LogP) is 4.35. The molecule has 2 rings (SSSR count). The maximum Gasteiger partial charge on any atom is 0.165 e. The molecule has 0 saturated heterocycles. The van der Waals surface area contributed by atoms with Crippen LogP contribution in [-0.2, 0) is 11.2 Å². The van der Waals surface area contributed by atoms with Crippen LogP contribution in [0.15, 0.2) is 42.5 Å². The van der Waals surface area contributed by atoms with E-state index in [1.807, 2.05) is 24.3 Å². The lowest BCUT2D eigenvalue weighted by molar-refractivity contribution is 0.202. The van der Waals surface area contributed by atoms with Crippen LogP contribution < -0.4 is 4.74 Å². The number of alkyl halides is 1. The van der Waals surface area contributed by atoms with E-state index in [4.69, 9.17) is 21.1 Å². The molecule has 112 valence electrons. The second-order valence-corrected chi connectivity index (χ2v) is 5.18. The quantitative estimate of drug-likeness (QED) is 0.739. The van der Waals surface area contributed by atoms with E-state index in [1.165, 1.54) is 18.7 Å². The Morgan fingerprint density at radius 2 is 1.71 bits per heavy atom. The number of methoxy groups -OCH3 is 2. The molecule has 0 spiro atoms. The van der Waals surface area contributed by atoms with Gasteiger partial charge in [0.2, 0.25) is 0 Å². The highest BCUT2D eigenvalue weighted by Gasteiger charge is 2.13. The number of rotatable bonds is 6. The molecule has 0 aliphatic carbocycles. The highest BCUT2D eigenvalue weighted by atomic mass is 35.5. The fourth-order valence-corrected chi connectivity index (χ4v) is 2.38. The van der Waals surface area contributed by atoms with Crippen molar-refractivity contribution in [3.8, 4) is 5.75 Å². The summed E-state index contributed by atoms with van der Waals surface area (Å²) in [5, 5.41) is -0.337. The minimum atomic E-state index is -0.389. The van der Waals surface area contributed by atoms with Crippen LogP contribution in [0.25, 0.3) is 0 Å². The molecule has 0 N–H and O–H groups in total. The lowest BCUT2D eigenvalue weighted by Crippen LogP contribution is -1.98. The Labute approximate surface area is 129 Å². The van der Waals surface area contributed by atoms with Crippen molar-refractivity contribution in [2.24, 2.45) is 0 Å². The van der Waals surface area contributed by atoms with Crippen LogP contribution in [-0.4, -0.2) is 20.8 Å². The summed E-state index contributed by atoms with van der Waals surface area (Å²) < 4.78 is 23.5. The molecule has 0 aliphatic rings. The van der Waals surface area contributed by atoms with Crippen LogP contribution >= 0.6 is 11.6 Å². The molecule has 0 aromatic heterocycles. The molecule has 0 aliphatic heterocycles. The monoisotopic (exact) mass is 308 g/mol. The molecule has 0 saturated carbocycles. The molecule has 0 radical (unpaired) electrons. The smallest absolute Gasteiger partial charge is 0.165 e. The molecule has 0 fully saturated rings. The lowest BCUT2D eigenvalue weighted by atomic mass is 10.0. The summed E-state index contributed by atoms with van der Waals surface area (Å²) in [6.45, 7) is 0.693. The zero-order valence-corrected chi connectivity index (χ0v) is 12.9. The molecule has 0 amide bonds. The average Bonchev–Trinajstić information content (AvgIpc) is 2.53. The lowest BCUT2D eigenvalue weighted by Gasteiger charge is -2.13. The molecular weight excluding hydrogens is 291 g/mol. The highest BCUT2D eigenvalue weighted by Crippen LogP contribution is 2.32. The van der Waals surface area contributed by atoms with Gasteiger partial charge in [-0.25, -0.2) is 4.39 Å². The van der Waals surface area contributed by atoms with Crippen LogP contribution in [0.2, 0.25) is 0 Å². The van der Waals surface area contributed by atoms with E-state index in [0.717, 1.165) is 17.5 Å². The first kappa shape index (κ1) is 15.8. The summed E-state index contributed by atoms with van der Waals surface area (Å²) in [4.78, 5) is 0. The van der Waals surface area contributed by atoms with Gasteiger partial charge < -0.3 is 9.47 Å². The van der Waals surface area contributed by atoms with Crippen molar-refractivity contribution < 1.29 is 13.9 Å². The maximum atomic E-state index is 13.4. The molecule has 2 nitrogen and oxygen atoms in total. The van der Waals surface area contributed by atoms with Gasteiger partial charge in [-0.3, -0.25) is 0 Å².